The molecule has 0 spiro atoms. The van der Waals surface area contributed by atoms with Crippen molar-refractivity contribution >= 4 is 11.9 Å². The van der Waals surface area contributed by atoms with E-state index in [2.05, 4.69) is 0 Å². The molecule has 2 aliphatic rings. The van der Waals surface area contributed by atoms with Crippen LogP contribution in [0.5, 0.6) is 0 Å². The second-order valence-electron chi connectivity index (χ2n) is 5.21. The van der Waals surface area contributed by atoms with Gasteiger partial charge in [0.05, 0.1) is 0 Å². The lowest BCUT2D eigenvalue weighted by atomic mass is 9.90. The number of amides is 1. The van der Waals surface area contributed by atoms with Crippen molar-refractivity contribution < 1.29 is 27.9 Å². The lowest BCUT2D eigenvalue weighted by molar-refractivity contribution is -0.193. The third kappa shape index (κ3) is 1.59. The number of halogens is 3. The highest BCUT2D eigenvalue weighted by molar-refractivity contribution is 5.91. The minimum Gasteiger partial charge on any atom is -0.479 e. The van der Waals surface area contributed by atoms with Gasteiger partial charge in [-0.15, -0.1) is 0 Å². The van der Waals surface area contributed by atoms with Crippen LogP contribution in [0.1, 0.15) is 26.2 Å². The summed E-state index contributed by atoms with van der Waals surface area (Å²) >= 11 is 0. The zero-order valence-corrected chi connectivity index (χ0v) is 9.17. The summed E-state index contributed by atoms with van der Waals surface area (Å²) in [5.74, 6) is -3.38. The summed E-state index contributed by atoms with van der Waals surface area (Å²) in [6.45, 7) is 1.60. The Bertz CT molecular complexity index is 395. The number of carbonyl (C=O) groups is 2. The van der Waals surface area contributed by atoms with Gasteiger partial charge in [-0.3, -0.25) is 4.79 Å². The van der Waals surface area contributed by atoms with Crippen LogP contribution >= 0.6 is 0 Å². The van der Waals surface area contributed by atoms with E-state index < -0.39 is 29.0 Å². The van der Waals surface area contributed by atoms with Gasteiger partial charge in [0, 0.05) is 6.54 Å². The van der Waals surface area contributed by atoms with Crippen LogP contribution in [-0.4, -0.2) is 40.1 Å². The highest BCUT2D eigenvalue weighted by Crippen LogP contribution is 2.55. The van der Waals surface area contributed by atoms with Crippen LogP contribution in [0, 0.1) is 5.41 Å². The molecular weight excluding hydrogens is 239 g/mol. The predicted octanol–water partition coefficient (Wildman–Crippen LogP) is 1.40. The second kappa shape index (κ2) is 3.14. The minimum atomic E-state index is -5.01. The highest BCUT2D eigenvalue weighted by Gasteiger charge is 2.65. The van der Waals surface area contributed by atoms with Gasteiger partial charge in [-0.1, -0.05) is 6.92 Å². The molecule has 0 radical (unpaired) electrons. The van der Waals surface area contributed by atoms with E-state index in [4.69, 9.17) is 5.11 Å². The maximum Gasteiger partial charge on any atom is 0.471 e. The molecule has 1 N–H and O–H groups in total. The Kier molecular flexibility index (Phi) is 2.25. The SMILES string of the molecule is CC12CCC(C(=O)O)(C1)N(C(=O)C(F)(F)F)C2. The van der Waals surface area contributed by atoms with Gasteiger partial charge in [0.25, 0.3) is 0 Å². The minimum absolute atomic E-state index is 0.0979. The number of aliphatic carboxylic acids is 1. The summed E-state index contributed by atoms with van der Waals surface area (Å²) in [6, 6.07) is 0. The highest BCUT2D eigenvalue weighted by atomic mass is 19.4. The predicted molar refractivity (Wildman–Crippen MR) is 50.1 cm³/mol. The van der Waals surface area contributed by atoms with E-state index in [1.165, 1.54) is 0 Å². The third-order valence-corrected chi connectivity index (χ3v) is 3.80. The van der Waals surface area contributed by atoms with Crippen molar-refractivity contribution in [1.82, 2.24) is 4.90 Å². The van der Waals surface area contributed by atoms with Gasteiger partial charge in [-0.25, -0.2) is 4.79 Å². The molecule has 2 unspecified atom stereocenters. The molecule has 1 amide bonds. The first-order valence-corrected chi connectivity index (χ1v) is 5.23. The fourth-order valence-corrected chi connectivity index (χ4v) is 3.01. The fraction of sp³-hybridized carbons (Fsp3) is 0.800. The Labute approximate surface area is 95.4 Å². The van der Waals surface area contributed by atoms with E-state index in [1.54, 1.807) is 6.92 Å². The molecule has 1 saturated heterocycles. The molecule has 17 heavy (non-hydrogen) atoms. The average molecular weight is 251 g/mol. The number of alkyl halides is 3. The number of carbonyl (C=O) groups excluding carboxylic acids is 1. The summed E-state index contributed by atoms with van der Waals surface area (Å²) in [4.78, 5) is 22.9. The van der Waals surface area contributed by atoms with Crippen molar-refractivity contribution in [2.75, 3.05) is 6.54 Å². The largest absolute Gasteiger partial charge is 0.479 e. The van der Waals surface area contributed by atoms with Crippen LogP contribution in [0.15, 0.2) is 0 Å². The van der Waals surface area contributed by atoms with Crippen LogP contribution in [0.25, 0.3) is 0 Å². The topological polar surface area (TPSA) is 57.6 Å². The number of fused-ring (bicyclic) bond motifs is 2. The Morgan fingerprint density at radius 2 is 1.88 bits per heavy atom. The molecule has 0 aromatic heterocycles. The van der Waals surface area contributed by atoms with Crippen molar-refractivity contribution in [3.8, 4) is 0 Å². The molecule has 1 aliphatic heterocycles. The average Bonchev–Trinajstić information content (AvgIpc) is 2.67. The number of piperidine rings is 1. The van der Waals surface area contributed by atoms with Crippen molar-refractivity contribution in [2.24, 2.45) is 5.41 Å². The molecule has 2 atom stereocenters. The number of hydrogen-bond acceptors (Lipinski definition) is 2. The first-order chi connectivity index (χ1) is 7.61. The van der Waals surface area contributed by atoms with Gasteiger partial charge in [0.15, 0.2) is 0 Å². The zero-order valence-electron chi connectivity index (χ0n) is 9.17. The molecule has 2 rings (SSSR count). The summed E-state index contributed by atoms with van der Waals surface area (Å²) in [5, 5.41) is 9.13. The molecule has 1 saturated carbocycles. The number of hydrogen-bond donors (Lipinski definition) is 1. The normalized spacial score (nSPS) is 36.4. The molecule has 2 fully saturated rings. The monoisotopic (exact) mass is 251 g/mol. The van der Waals surface area contributed by atoms with Crippen LogP contribution in [0.4, 0.5) is 13.2 Å². The first kappa shape index (κ1) is 12.2. The number of carboxylic acids is 1. The van der Waals surface area contributed by atoms with Gasteiger partial charge in [-0.2, -0.15) is 13.2 Å². The van der Waals surface area contributed by atoms with Crippen LogP contribution in [0.3, 0.4) is 0 Å². The van der Waals surface area contributed by atoms with E-state index in [0.29, 0.717) is 11.3 Å². The first-order valence-electron chi connectivity index (χ1n) is 5.23. The second-order valence-corrected chi connectivity index (χ2v) is 5.21. The van der Waals surface area contributed by atoms with Gasteiger partial charge in [0.2, 0.25) is 0 Å². The van der Waals surface area contributed by atoms with Gasteiger partial charge in [-0.05, 0) is 24.7 Å². The van der Waals surface area contributed by atoms with Crippen molar-refractivity contribution in [3.05, 3.63) is 0 Å². The van der Waals surface area contributed by atoms with Gasteiger partial charge >= 0.3 is 18.1 Å². The van der Waals surface area contributed by atoms with Crippen LogP contribution in [0.2, 0.25) is 0 Å². The number of likely N-dealkylation sites (tertiary alicyclic amines) is 1. The lowest BCUT2D eigenvalue weighted by Gasteiger charge is -2.36. The van der Waals surface area contributed by atoms with Crippen molar-refractivity contribution in [1.29, 1.82) is 0 Å². The van der Waals surface area contributed by atoms with Crippen LogP contribution < -0.4 is 0 Å². The molecule has 2 bridgehead atoms. The van der Waals surface area contributed by atoms with E-state index in [0.717, 1.165) is 0 Å². The smallest absolute Gasteiger partial charge is 0.471 e. The summed E-state index contributed by atoms with van der Waals surface area (Å²) in [6.07, 6.45) is -4.26. The van der Waals surface area contributed by atoms with E-state index in [-0.39, 0.29) is 19.4 Å². The standard InChI is InChI=1S/C10H12F3NO3/c1-8-2-3-9(4-8,7(16)17)14(5-8)6(15)10(11,12)13/h2-5H2,1H3,(H,16,17). The molecule has 0 aromatic carbocycles. The molecule has 1 heterocycles. The molecular formula is C10H12F3NO3. The molecule has 1 aliphatic carbocycles. The molecule has 0 aromatic rings. The zero-order chi connectivity index (χ0) is 13.1. The maximum atomic E-state index is 12.4. The van der Waals surface area contributed by atoms with E-state index in [1.807, 2.05) is 0 Å². The molecule has 96 valence electrons. The summed E-state index contributed by atoms with van der Waals surface area (Å²) in [5.41, 5.74) is -2.15. The Balaban J connectivity index is 2.37. The third-order valence-electron chi connectivity index (χ3n) is 3.80. The van der Waals surface area contributed by atoms with E-state index >= 15 is 0 Å². The molecule has 7 heteroatoms. The lowest BCUT2D eigenvalue weighted by Crippen LogP contribution is -2.57. The maximum absolute atomic E-state index is 12.4. The van der Waals surface area contributed by atoms with Crippen LogP contribution in [-0.2, 0) is 9.59 Å². The van der Waals surface area contributed by atoms with Gasteiger partial charge in [0.1, 0.15) is 5.54 Å². The van der Waals surface area contributed by atoms with Crippen molar-refractivity contribution in [3.63, 3.8) is 0 Å². The Morgan fingerprint density at radius 1 is 1.29 bits per heavy atom. The Morgan fingerprint density at radius 3 is 2.29 bits per heavy atom. The quantitative estimate of drug-likeness (QED) is 0.766. The molecule has 4 nitrogen and oxygen atoms in total. The number of carboxylic acid groups (broad SMARTS) is 1. The number of rotatable bonds is 1. The summed E-state index contributed by atoms with van der Waals surface area (Å²) < 4.78 is 37.2. The Hall–Kier alpha value is -1.27. The number of nitrogens with zero attached hydrogens (tertiary/aromatic N) is 1. The summed E-state index contributed by atoms with van der Waals surface area (Å²) in [7, 11) is 0. The fourth-order valence-electron chi connectivity index (χ4n) is 3.01. The van der Waals surface area contributed by atoms with E-state index in [9.17, 15) is 22.8 Å². The van der Waals surface area contributed by atoms with Gasteiger partial charge < -0.3 is 10.0 Å². The van der Waals surface area contributed by atoms with Crippen molar-refractivity contribution in [2.45, 2.75) is 37.9 Å².